The molecule has 0 atom stereocenters. The third-order valence-electron chi connectivity index (χ3n) is 4.99. The number of ether oxygens (including phenoxy) is 1. The largest absolute Gasteiger partial charge is 0.465 e. The fourth-order valence-corrected chi connectivity index (χ4v) is 3.43. The predicted octanol–water partition coefficient (Wildman–Crippen LogP) is 3.57. The van der Waals surface area contributed by atoms with Crippen LogP contribution in [-0.4, -0.2) is 35.9 Å². The normalized spacial score (nSPS) is 14.5. The Labute approximate surface area is 169 Å². The van der Waals surface area contributed by atoms with Crippen molar-refractivity contribution in [1.29, 1.82) is 0 Å². The van der Waals surface area contributed by atoms with Crippen molar-refractivity contribution in [2.75, 3.05) is 12.4 Å². The van der Waals surface area contributed by atoms with Gasteiger partial charge in [-0.3, -0.25) is 14.6 Å². The van der Waals surface area contributed by atoms with E-state index in [1.807, 2.05) is 0 Å². The monoisotopic (exact) mass is 395 g/mol. The van der Waals surface area contributed by atoms with Crippen LogP contribution in [0, 0.1) is 0 Å². The maximum absolute atomic E-state index is 12.6. The van der Waals surface area contributed by atoms with E-state index >= 15 is 0 Å². The lowest BCUT2D eigenvalue weighted by atomic mass is 10.1. The number of esters is 1. The number of hydrogen-bond acceptors (Lipinski definition) is 5. The van der Waals surface area contributed by atoms with Crippen molar-refractivity contribution in [3.05, 3.63) is 59.4 Å². The van der Waals surface area contributed by atoms with Crippen molar-refractivity contribution >= 4 is 23.5 Å². The number of carbonyl (C=O) groups excluding carboxylic acids is 3. The molecule has 0 radical (unpaired) electrons. The van der Waals surface area contributed by atoms with Gasteiger partial charge in [0.15, 0.2) is 0 Å². The highest BCUT2D eigenvalue weighted by molar-refractivity contribution is 6.06. The Morgan fingerprint density at radius 2 is 1.62 bits per heavy atom. The zero-order valence-electron chi connectivity index (χ0n) is 16.4. The van der Waals surface area contributed by atoms with Gasteiger partial charge >= 0.3 is 5.97 Å². The van der Waals surface area contributed by atoms with Gasteiger partial charge in [-0.15, -0.1) is 0 Å². The summed E-state index contributed by atoms with van der Waals surface area (Å²) in [6, 6.07) is 8.14. The average Bonchev–Trinajstić information content (AvgIpc) is 3.02. The smallest absolute Gasteiger partial charge is 0.337 e. The molecule has 1 aromatic carbocycles. The van der Waals surface area contributed by atoms with Crippen LogP contribution in [0.4, 0.5) is 5.69 Å². The Bertz CT molecular complexity index is 889. The number of aromatic nitrogens is 1. The Morgan fingerprint density at radius 1 is 0.931 bits per heavy atom. The van der Waals surface area contributed by atoms with Crippen LogP contribution in [-0.2, 0) is 4.74 Å². The summed E-state index contributed by atoms with van der Waals surface area (Å²) < 4.78 is 4.69. The van der Waals surface area contributed by atoms with Crippen LogP contribution in [0.2, 0.25) is 0 Å². The van der Waals surface area contributed by atoms with Gasteiger partial charge < -0.3 is 15.4 Å². The first-order valence-electron chi connectivity index (χ1n) is 9.82. The highest BCUT2D eigenvalue weighted by atomic mass is 16.5. The van der Waals surface area contributed by atoms with Crippen LogP contribution in [0.1, 0.15) is 69.6 Å². The van der Waals surface area contributed by atoms with E-state index in [9.17, 15) is 14.4 Å². The van der Waals surface area contributed by atoms with E-state index in [-0.39, 0.29) is 17.5 Å². The first-order chi connectivity index (χ1) is 14.1. The molecule has 1 saturated carbocycles. The SMILES string of the molecule is COC(=O)c1cccc(NC(=O)c2cncc(C(=O)NC3CCCCCC3)c2)c1. The van der Waals surface area contributed by atoms with Crippen molar-refractivity contribution in [2.45, 2.75) is 44.6 Å². The van der Waals surface area contributed by atoms with Gasteiger partial charge in [-0.1, -0.05) is 31.7 Å². The standard InChI is InChI=1S/C22H25N3O4/c1-29-22(28)15-7-6-10-19(12-15)25-21(27)17-11-16(13-23-14-17)20(26)24-18-8-4-2-3-5-9-18/h6-7,10-14,18H,2-5,8-9H2,1H3,(H,24,26)(H,25,27). The molecule has 1 heterocycles. The summed E-state index contributed by atoms with van der Waals surface area (Å²) in [5.41, 5.74) is 1.40. The number of carbonyl (C=O) groups is 3. The van der Waals surface area contributed by atoms with E-state index in [0.717, 1.165) is 25.7 Å². The summed E-state index contributed by atoms with van der Waals surface area (Å²) in [7, 11) is 1.30. The summed E-state index contributed by atoms with van der Waals surface area (Å²) >= 11 is 0. The van der Waals surface area contributed by atoms with E-state index in [2.05, 4.69) is 20.4 Å². The summed E-state index contributed by atoms with van der Waals surface area (Å²) in [6.07, 6.45) is 9.49. The van der Waals surface area contributed by atoms with Crippen molar-refractivity contribution in [1.82, 2.24) is 10.3 Å². The molecule has 2 amide bonds. The van der Waals surface area contributed by atoms with Gasteiger partial charge in [0.2, 0.25) is 0 Å². The molecule has 2 aromatic rings. The second-order valence-electron chi connectivity index (χ2n) is 7.15. The van der Waals surface area contributed by atoms with Crippen molar-refractivity contribution in [3.63, 3.8) is 0 Å². The first kappa shape index (κ1) is 20.5. The Balaban J connectivity index is 1.67. The maximum atomic E-state index is 12.6. The Morgan fingerprint density at radius 3 is 2.31 bits per heavy atom. The van der Waals surface area contributed by atoms with Crippen LogP contribution in [0.3, 0.4) is 0 Å². The van der Waals surface area contributed by atoms with E-state index in [4.69, 9.17) is 0 Å². The van der Waals surface area contributed by atoms with Crippen LogP contribution in [0.25, 0.3) is 0 Å². The quantitative estimate of drug-likeness (QED) is 0.596. The van der Waals surface area contributed by atoms with Gasteiger partial charge in [-0.25, -0.2) is 4.79 Å². The first-order valence-corrected chi connectivity index (χ1v) is 9.82. The van der Waals surface area contributed by atoms with E-state index in [1.54, 1.807) is 18.2 Å². The highest BCUT2D eigenvalue weighted by Crippen LogP contribution is 2.18. The molecule has 29 heavy (non-hydrogen) atoms. The molecule has 0 spiro atoms. The summed E-state index contributed by atoms with van der Waals surface area (Å²) in [6.45, 7) is 0. The second kappa shape index (κ2) is 9.82. The third kappa shape index (κ3) is 5.63. The molecular formula is C22H25N3O4. The summed E-state index contributed by atoms with van der Waals surface area (Å²) in [5.74, 6) is -1.12. The Kier molecular flexibility index (Phi) is 6.94. The molecule has 7 nitrogen and oxygen atoms in total. The number of anilines is 1. The lowest BCUT2D eigenvalue weighted by molar-refractivity contribution is 0.0600. The predicted molar refractivity (Wildman–Crippen MR) is 109 cm³/mol. The maximum Gasteiger partial charge on any atom is 0.337 e. The van der Waals surface area contributed by atoms with Gasteiger partial charge in [0.1, 0.15) is 0 Å². The molecule has 1 aromatic heterocycles. The number of hydrogen-bond donors (Lipinski definition) is 2. The molecule has 0 bridgehead atoms. The molecule has 1 fully saturated rings. The molecular weight excluding hydrogens is 370 g/mol. The number of rotatable bonds is 5. The van der Waals surface area contributed by atoms with Crippen LogP contribution in [0.15, 0.2) is 42.7 Å². The number of amides is 2. The minimum Gasteiger partial charge on any atom is -0.465 e. The molecule has 152 valence electrons. The van der Waals surface area contributed by atoms with Gasteiger partial charge in [0.25, 0.3) is 11.8 Å². The third-order valence-corrected chi connectivity index (χ3v) is 4.99. The lowest BCUT2D eigenvalue weighted by Crippen LogP contribution is -2.34. The second-order valence-corrected chi connectivity index (χ2v) is 7.15. The fourth-order valence-electron chi connectivity index (χ4n) is 3.43. The number of methoxy groups -OCH3 is 1. The van der Waals surface area contributed by atoms with Crippen LogP contribution < -0.4 is 10.6 Å². The van der Waals surface area contributed by atoms with Crippen molar-refractivity contribution in [3.8, 4) is 0 Å². The van der Waals surface area contributed by atoms with E-state index < -0.39 is 11.9 Å². The number of nitrogens with one attached hydrogen (secondary N) is 2. The molecule has 0 aliphatic heterocycles. The lowest BCUT2D eigenvalue weighted by Gasteiger charge is -2.16. The van der Waals surface area contributed by atoms with Crippen molar-refractivity contribution < 1.29 is 19.1 Å². The summed E-state index contributed by atoms with van der Waals surface area (Å²) in [5, 5.41) is 5.77. The van der Waals surface area contributed by atoms with Gasteiger partial charge in [0, 0.05) is 24.1 Å². The molecule has 0 saturated heterocycles. The molecule has 1 aliphatic carbocycles. The molecule has 1 aliphatic rings. The van der Waals surface area contributed by atoms with Crippen LogP contribution >= 0.6 is 0 Å². The number of pyridine rings is 1. The highest BCUT2D eigenvalue weighted by Gasteiger charge is 2.17. The minimum atomic E-state index is -0.486. The van der Waals surface area contributed by atoms with Crippen LogP contribution in [0.5, 0.6) is 0 Å². The van der Waals surface area contributed by atoms with E-state index in [0.29, 0.717) is 16.8 Å². The van der Waals surface area contributed by atoms with E-state index in [1.165, 1.54) is 44.5 Å². The number of benzene rings is 1. The van der Waals surface area contributed by atoms with Gasteiger partial charge in [-0.2, -0.15) is 0 Å². The van der Waals surface area contributed by atoms with Gasteiger partial charge in [-0.05, 0) is 37.1 Å². The zero-order valence-corrected chi connectivity index (χ0v) is 16.4. The fraction of sp³-hybridized carbons (Fsp3) is 0.364. The zero-order chi connectivity index (χ0) is 20.6. The molecule has 7 heteroatoms. The van der Waals surface area contributed by atoms with Gasteiger partial charge in [0.05, 0.1) is 23.8 Å². The Hall–Kier alpha value is -3.22. The van der Waals surface area contributed by atoms with Crippen molar-refractivity contribution in [2.24, 2.45) is 0 Å². The minimum absolute atomic E-state index is 0.170. The molecule has 0 unspecified atom stereocenters. The molecule has 2 N–H and O–H groups in total. The average molecular weight is 395 g/mol. The topological polar surface area (TPSA) is 97.4 Å². The molecule has 3 rings (SSSR count). The number of nitrogens with zero attached hydrogens (tertiary/aromatic N) is 1. The summed E-state index contributed by atoms with van der Waals surface area (Å²) in [4.78, 5) is 40.8.